The largest absolute Gasteiger partial charge is 0.352 e. The molecule has 0 fully saturated rings. The number of nitro groups is 1. The average Bonchev–Trinajstić information content (AvgIpc) is 2.94. The number of amides is 1. The number of thiophene rings is 1. The van der Waals surface area contributed by atoms with Gasteiger partial charge in [-0.05, 0) is 25.8 Å². The number of nitrogens with zero attached hydrogens (tertiary/aromatic N) is 4. The summed E-state index contributed by atoms with van der Waals surface area (Å²) in [6, 6.07) is 3.35. The zero-order valence-corrected chi connectivity index (χ0v) is 13.5. The zero-order chi connectivity index (χ0) is 16.8. The summed E-state index contributed by atoms with van der Waals surface area (Å²) in [6.07, 6.45) is 2.80. The number of anilines is 2. The smallest absolute Gasteiger partial charge is 0.324 e. The molecule has 2 N–H and O–H groups in total. The van der Waals surface area contributed by atoms with Gasteiger partial charge in [0.25, 0.3) is 0 Å². The molecule has 0 saturated carbocycles. The van der Waals surface area contributed by atoms with E-state index in [9.17, 15) is 14.9 Å². The van der Waals surface area contributed by atoms with E-state index in [4.69, 9.17) is 0 Å². The van der Waals surface area contributed by atoms with Crippen molar-refractivity contribution in [3.05, 3.63) is 33.5 Å². The molecule has 0 saturated heterocycles. The Kier molecular flexibility index (Phi) is 5.52. The number of aromatic nitrogens is 3. The predicted octanol–water partition coefficient (Wildman–Crippen LogP) is 2.23. The van der Waals surface area contributed by atoms with Gasteiger partial charge in [0.15, 0.2) is 0 Å². The third kappa shape index (κ3) is 5.25. The lowest BCUT2D eigenvalue weighted by molar-refractivity contribution is -0.380. The van der Waals surface area contributed by atoms with Crippen LogP contribution in [-0.2, 0) is 11.2 Å². The molecule has 2 heterocycles. The van der Waals surface area contributed by atoms with Gasteiger partial charge in [-0.1, -0.05) is 11.3 Å². The van der Waals surface area contributed by atoms with E-state index in [1.165, 1.54) is 30.7 Å². The molecule has 0 bridgehead atoms. The number of carbonyl (C=O) groups is 1. The Morgan fingerprint density at radius 1 is 1.39 bits per heavy atom. The van der Waals surface area contributed by atoms with E-state index in [-0.39, 0.29) is 27.8 Å². The van der Waals surface area contributed by atoms with Crippen LogP contribution in [-0.4, -0.2) is 31.8 Å². The number of carbonyl (C=O) groups excluding carboxylic acids is 1. The van der Waals surface area contributed by atoms with Crippen LogP contribution in [0.5, 0.6) is 0 Å². The fourth-order valence-corrected chi connectivity index (χ4v) is 2.67. The first kappa shape index (κ1) is 16.7. The van der Waals surface area contributed by atoms with Crippen LogP contribution >= 0.6 is 11.3 Å². The number of rotatable bonds is 7. The molecular weight excluding hydrogens is 320 g/mol. The molecule has 10 heteroatoms. The van der Waals surface area contributed by atoms with Gasteiger partial charge in [-0.3, -0.25) is 20.2 Å². The molecule has 122 valence electrons. The Balaban J connectivity index is 1.87. The molecule has 2 aromatic rings. The maximum atomic E-state index is 11.0. The topological polar surface area (TPSA) is 123 Å². The maximum absolute atomic E-state index is 11.0. The summed E-state index contributed by atoms with van der Waals surface area (Å²) in [5, 5.41) is 16.4. The van der Waals surface area contributed by atoms with Gasteiger partial charge in [-0.15, -0.1) is 0 Å². The second kappa shape index (κ2) is 7.58. The van der Waals surface area contributed by atoms with Gasteiger partial charge >= 0.3 is 5.00 Å². The molecule has 1 atom stereocenters. The van der Waals surface area contributed by atoms with Crippen molar-refractivity contribution < 1.29 is 9.72 Å². The second-order valence-electron chi connectivity index (χ2n) is 4.89. The Labute approximate surface area is 136 Å². The minimum Gasteiger partial charge on any atom is -0.352 e. The monoisotopic (exact) mass is 336 g/mol. The highest BCUT2D eigenvalue weighted by molar-refractivity contribution is 7.15. The van der Waals surface area contributed by atoms with Gasteiger partial charge in [0.1, 0.15) is 6.33 Å². The third-order valence-corrected chi connectivity index (χ3v) is 3.98. The summed E-state index contributed by atoms with van der Waals surface area (Å²) in [5.41, 5.74) is 0. The minimum absolute atomic E-state index is 0.0590. The van der Waals surface area contributed by atoms with E-state index < -0.39 is 0 Å². The van der Waals surface area contributed by atoms with Crippen molar-refractivity contribution >= 4 is 34.1 Å². The van der Waals surface area contributed by atoms with Crippen molar-refractivity contribution in [2.75, 3.05) is 10.6 Å². The SMILES string of the molecule is CC(=O)Nc1ncnc(NC(C)CCc2ccc([N+](=O)[O-])s2)n1. The Bertz CT molecular complexity index is 705. The molecule has 23 heavy (non-hydrogen) atoms. The Morgan fingerprint density at radius 3 is 2.78 bits per heavy atom. The predicted molar refractivity (Wildman–Crippen MR) is 86.5 cm³/mol. The van der Waals surface area contributed by atoms with Gasteiger partial charge < -0.3 is 5.32 Å². The van der Waals surface area contributed by atoms with E-state index >= 15 is 0 Å². The highest BCUT2D eigenvalue weighted by Crippen LogP contribution is 2.25. The Morgan fingerprint density at radius 2 is 2.13 bits per heavy atom. The van der Waals surface area contributed by atoms with E-state index in [0.29, 0.717) is 5.95 Å². The van der Waals surface area contributed by atoms with Crippen molar-refractivity contribution in [1.82, 2.24) is 15.0 Å². The second-order valence-corrected chi connectivity index (χ2v) is 6.04. The fraction of sp³-hybridized carbons (Fsp3) is 0.385. The van der Waals surface area contributed by atoms with Crippen molar-refractivity contribution in [1.29, 1.82) is 0 Å². The molecule has 2 rings (SSSR count). The summed E-state index contributed by atoms with van der Waals surface area (Å²) < 4.78 is 0. The van der Waals surface area contributed by atoms with Gasteiger partial charge in [0, 0.05) is 23.9 Å². The van der Waals surface area contributed by atoms with E-state index in [1.807, 2.05) is 6.92 Å². The molecule has 0 spiro atoms. The van der Waals surface area contributed by atoms with Crippen LogP contribution in [0.3, 0.4) is 0 Å². The molecule has 1 unspecified atom stereocenters. The van der Waals surface area contributed by atoms with E-state index in [1.54, 1.807) is 6.07 Å². The lowest BCUT2D eigenvalue weighted by Gasteiger charge is -2.13. The van der Waals surface area contributed by atoms with Gasteiger partial charge in [0.2, 0.25) is 17.8 Å². The molecule has 1 amide bonds. The van der Waals surface area contributed by atoms with Crippen LogP contribution in [0.4, 0.5) is 16.9 Å². The van der Waals surface area contributed by atoms with E-state index in [2.05, 4.69) is 25.6 Å². The van der Waals surface area contributed by atoms with Crippen LogP contribution in [0.15, 0.2) is 18.5 Å². The number of hydrogen-bond donors (Lipinski definition) is 2. The zero-order valence-electron chi connectivity index (χ0n) is 12.6. The van der Waals surface area contributed by atoms with Crippen molar-refractivity contribution in [2.24, 2.45) is 0 Å². The highest BCUT2D eigenvalue weighted by atomic mass is 32.1. The molecule has 0 aliphatic carbocycles. The third-order valence-electron chi connectivity index (χ3n) is 2.89. The summed E-state index contributed by atoms with van der Waals surface area (Å²) in [7, 11) is 0. The van der Waals surface area contributed by atoms with Crippen LogP contribution < -0.4 is 10.6 Å². The van der Waals surface area contributed by atoms with Crippen LogP contribution in [0.1, 0.15) is 25.1 Å². The number of hydrogen-bond acceptors (Lipinski definition) is 8. The molecule has 0 aromatic carbocycles. The normalized spacial score (nSPS) is 11.7. The first-order chi connectivity index (χ1) is 10.9. The van der Waals surface area contributed by atoms with Crippen molar-refractivity contribution in [2.45, 2.75) is 32.7 Å². The highest BCUT2D eigenvalue weighted by Gasteiger charge is 2.11. The molecular formula is C13H16N6O3S. The molecule has 2 aromatic heterocycles. The summed E-state index contributed by atoms with van der Waals surface area (Å²) >= 11 is 1.18. The Hall–Kier alpha value is -2.62. The minimum atomic E-state index is -0.385. The molecule has 0 aliphatic rings. The van der Waals surface area contributed by atoms with Crippen molar-refractivity contribution in [3.63, 3.8) is 0 Å². The summed E-state index contributed by atoms with van der Waals surface area (Å²) in [5.74, 6) is 0.305. The average molecular weight is 336 g/mol. The molecule has 0 aliphatic heterocycles. The summed E-state index contributed by atoms with van der Waals surface area (Å²) in [6.45, 7) is 3.34. The lowest BCUT2D eigenvalue weighted by atomic mass is 10.1. The quantitative estimate of drug-likeness (QED) is 0.587. The summed E-state index contributed by atoms with van der Waals surface area (Å²) in [4.78, 5) is 34.1. The molecule has 9 nitrogen and oxygen atoms in total. The maximum Gasteiger partial charge on any atom is 0.324 e. The van der Waals surface area contributed by atoms with Crippen molar-refractivity contribution in [3.8, 4) is 0 Å². The van der Waals surface area contributed by atoms with Gasteiger partial charge in [0.05, 0.1) is 4.92 Å². The van der Waals surface area contributed by atoms with Crippen LogP contribution in [0.25, 0.3) is 0 Å². The van der Waals surface area contributed by atoms with Crippen LogP contribution in [0, 0.1) is 10.1 Å². The van der Waals surface area contributed by atoms with Gasteiger partial charge in [-0.2, -0.15) is 4.98 Å². The van der Waals surface area contributed by atoms with Crippen LogP contribution in [0.2, 0.25) is 0 Å². The first-order valence-electron chi connectivity index (χ1n) is 6.90. The standard InChI is InChI=1S/C13H16N6O3S/c1-8(3-4-10-5-6-11(23-10)19(21)22)16-12-14-7-15-13(18-12)17-9(2)20/h5-8H,3-4H2,1-2H3,(H2,14,15,16,17,18,20). The van der Waals surface area contributed by atoms with Gasteiger partial charge in [-0.25, -0.2) is 9.97 Å². The number of nitrogens with one attached hydrogen (secondary N) is 2. The number of aryl methyl sites for hydroxylation is 1. The first-order valence-corrected chi connectivity index (χ1v) is 7.72. The fourth-order valence-electron chi connectivity index (χ4n) is 1.83. The van der Waals surface area contributed by atoms with E-state index in [0.717, 1.165) is 17.7 Å². The lowest BCUT2D eigenvalue weighted by Crippen LogP contribution is -2.19. The molecule has 0 radical (unpaired) electrons.